The van der Waals surface area contributed by atoms with Crippen LogP contribution in [0.5, 0.6) is 5.75 Å². The first kappa shape index (κ1) is 19.2. The highest BCUT2D eigenvalue weighted by molar-refractivity contribution is 5.96. The lowest BCUT2D eigenvalue weighted by atomic mass is 10.2. The molecular formula is C19H22FN3O3. The van der Waals surface area contributed by atoms with E-state index in [9.17, 15) is 14.0 Å². The molecule has 0 aliphatic heterocycles. The number of anilines is 2. The number of ether oxygens (including phenoxy) is 1. The van der Waals surface area contributed by atoms with Crippen molar-refractivity contribution in [1.82, 2.24) is 5.32 Å². The molecule has 0 unspecified atom stereocenters. The summed E-state index contributed by atoms with van der Waals surface area (Å²) in [5.41, 5.74) is 2.88. The van der Waals surface area contributed by atoms with Crippen molar-refractivity contribution >= 4 is 23.2 Å². The van der Waals surface area contributed by atoms with Crippen molar-refractivity contribution in [3.05, 3.63) is 53.3 Å². The van der Waals surface area contributed by atoms with E-state index in [1.807, 2.05) is 13.0 Å². The SMILES string of the molecule is COc1ccc(C)cc1NC(=O)CNC(=O)CNc1ccc(F)cc1C. The Balaban J connectivity index is 1.81. The fraction of sp³-hybridized carbons (Fsp3) is 0.263. The van der Waals surface area contributed by atoms with Crippen molar-refractivity contribution in [2.45, 2.75) is 13.8 Å². The van der Waals surface area contributed by atoms with Gasteiger partial charge in [-0.3, -0.25) is 9.59 Å². The lowest BCUT2D eigenvalue weighted by Crippen LogP contribution is -2.36. The number of nitrogens with one attached hydrogen (secondary N) is 3. The number of amides is 2. The molecule has 7 heteroatoms. The minimum Gasteiger partial charge on any atom is -0.495 e. The standard InChI is InChI=1S/C19H22FN3O3/c1-12-4-7-17(26-3)16(8-12)23-19(25)11-22-18(24)10-21-15-6-5-14(20)9-13(15)2/h4-9,21H,10-11H2,1-3H3,(H,22,24)(H,23,25). The second-order valence-corrected chi connectivity index (χ2v) is 5.84. The minimum atomic E-state index is -0.361. The maximum absolute atomic E-state index is 13.1. The monoisotopic (exact) mass is 359 g/mol. The van der Waals surface area contributed by atoms with Crippen molar-refractivity contribution in [2.75, 3.05) is 30.8 Å². The number of aryl methyl sites for hydroxylation is 2. The molecule has 26 heavy (non-hydrogen) atoms. The lowest BCUT2D eigenvalue weighted by Gasteiger charge is -2.12. The van der Waals surface area contributed by atoms with Gasteiger partial charge in [-0.1, -0.05) is 6.07 Å². The molecule has 6 nitrogen and oxygen atoms in total. The Kier molecular flexibility index (Phi) is 6.54. The van der Waals surface area contributed by atoms with E-state index in [-0.39, 0.29) is 30.7 Å². The molecule has 2 amide bonds. The van der Waals surface area contributed by atoms with Crippen LogP contribution in [0.3, 0.4) is 0 Å². The van der Waals surface area contributed by atoms with Crippen LogP contribution in [0, 0.1) is 19.7 Å². The summed E-state index contributed by atoms with van der Waals surface area (Å²) in [7, 11) is 1.52. The average molecular weight is 359 g/mol. The molecule has 0 bridgehead atoms. The number of hydrogen-bond acceptors (Lipinski definition) is 4. The topological polar surface area (TPSA) is 79.5 Å². The smallest absolute Gasteiger partial charge is 0.243 e. The molecule has 138 valence electrons. The summed E-state index contributed by atoms with van der Waals surface area (Å²) in [6.07, 6.45) is 0. The number of halogens is 1. The van der Waals surface area contributed by atoms with Gasteiger partial charge in [-0.25, -0.2) is 4.39 Å². The summed E-state index contributed by atoms with van der Waals surface area (Å²) in [6.45, 7) is 3.46. The van der Waals surface area contributed by atoms with Gasteiger partial charge in [0.15, 0.2) is 0 Å². The van der Waals surface area contributed by atoms with Crippen molar-refractivity contribution in [2.24, 2.45) is 0 Å². The molecule has 0 atom stereocenters. The molecule has 3 N–H and O–H groups in total. The quantitative estimate of drug-likeness (QED) is 0.710. The van der Waals surface area contributed by atoms with E-state index in [1.165, 1.54) is 19.2 Å². The number of carbonyl (C=O) groups is 2. The van der Waals surface area contributed by atoms with Crippen LogP contribution < -0.4 is 20.7 Å². The van der Waals surface area contributed by atoms with Crippen molar-refractivity contribution in [3.63, 3.8) is 0 Å². The summed E-state index contributed by atoms with van der Waals surface area (Å²) in [5, 5.41) is 8.14. The maximum atomic E-state index is 13.1. The van der Waals surface area contributed by atoms with Gasteiger partial charge in [0.05, 0.1) is 25.9 Å². The predicted molar refractivity (Wildman–Crippen MR) is 99.0 cm³/mol. The van der Waals surface area contributed by atoms with E-state index >= 15 is 0 Å². The van der Waals surface area contributed by atoms with Crippen LogP contribution in [0.1, 0.15) is 11.1 Å². The Morgan fingerprint density at radius 3 is 2.46 bits per heavy atom. The van der Waals surface area contributed by atoms with Gasteiger partial charge in [-0.15, -0.1) is 0 Å². The van der Waals surface area contributed by atoms with Gasteiger partial charge in [0.2, 0.25) is 11.8 Å². The van der Waals surface area contributed by atoms with Gasteiger partial charge in [-0.2, -0.15) is 0 Å². The molecular weight excluding hydrogens is 337 g/mol. The number of benzene rings is 2. The van der Waals surface area contributed by atoms with E-state index in [2.05, 4.69) is 16.0 Å². The summed E-state index contributed by atoms with van der Waals surface area (Å²) in [4.78, 5) is 23.9. The first-order valence-electron chi connectivity index (χ1n) is 8.10. The molecule has 0 saturated heterocycles. The molecule has 0 aliphatic rings. The van der Waals surface area contributed by atoms with Crippen molar-refractivity contribution in [3.8, 4) is 5.75 Å². The molecule has 2 rings (SSSR count). The third kappa shape index (κ3) is 5.47. The molecule has 0 radical (unpaired) electrons. The first-order chi connectivity index (χ1) is 12.4. The molecule has 0 aliphatic carbocycles. The van der Waals surface area contributed by atoms with E-state index in [1.54, 1.807) is 25.1 Å². The third-order valence-corrected chi connectivity index (χ3v) is 3.70. The fourth-order valence-electron chi connectivity index (χ4n) is 2.36. The molecule has 0 heterocycles. The largest absolute Gasteiger partial charge is 0.495 e. The highest BCUT2D eigenvalue weighted by Crippen LogP contribution is 2.24. The third-order valence-electron chi connectivity index (χ3n) is 3.70. The van der Waals surface area contributed by atoms with Gasteiger partial charge in [-0.05, 0) is 55.3 Å². The zero-order valence-corrected chi connectivity index (χ0v) is 15.0. The Bertz CT molecular complexity index is 809. The van der Waals surface area contributed by atoms with Gasteiger partial charge in [0.25, 0.3) is 0 Å². The van der Waals surface area contributed by atoms with E-state index in [4.69, 9.17) is 4.74 Å². The van der Waals surface area contributed by atoms with Gasteiger partial charge >= 0.3 is 0 Å². The van der Waals surface area contributed by atoms with Gasteiger partial charge in [0.1, 0.15) is 11.6 Å². The van der Waals surface area contributed by atoms with Gasteiger partial charge < -0.3 is 20.7 Å². The van der Waals surface area contributed by atoms with Crippen LogP contribution in [-0.4, -0.2) is 32.0 Å². The van der Waals surface area contributed by atoms with Crippen LogP contribution in [0.4, 0.5) is 15.8 Å². The Hall–Kier alpha value is -3.09. The van der Waals surface area contributed by atoms with Crippen molar-refractivity contribution < 1.29 is 18.7 Å². The highest BCUT2D eigenvalue weighted by Gasteiger charge is 2.10. The van der Waals surface area contributed by atoms with E-state index < -0.39 is 0 Å². The van der Waals surface area contributed by atoms with Crippen LogP contribution >= 0.6 is 0 Å². The maximum Gasteiger partial charge on any atom is 0.243 e. The normalized spacial score (nSPS) is 10.2. The van der Waals surface area contributed by atoms with Crippen LogP contribution in [0.15, 0.2) is 36.4 Å². The molecule has 2 aromatic rings. The number of methoxy groups -OCH3 is 1. The molecule has 0 fully saturated rings. The number of hydrogen-bond donors (Lipinski definition) is 3. The second kappa shape index (κ2) is 8.84. The fourth-order valence-corrected chi connectivity index (χ4v) is 2.36. The van der Waals surface area contributed by atoms with Gasteiger partial charge in [0, 0.05) is 5.69 Å². The number of rotatable bonds is 7. The van der Waals surface area contributed by atoms with E-state index in [0.29, 0.717) is 22.7 Å². The molecule has 0 spiro atoms. The number of carbonyl (C=O) groups excluding carboxylic acids is 2. The summed E-state index contributed by atoms with van der Waals surface area (Å²) < 4.78 is 18.2. The predicted octanol–water partition coefficient (Wildman–Crippen LogP) is 2.62. The molecule has 0 aromatic heterocycles. The van der Waals surface area contributed by atoms with E-state index in [0.717, 1.165) is 5.56 Å². The van der Waals surface area contributed by atoms with Crippen LogP contribution in [0.2, 0.25) is 0 Å². The summed E-state index contributed by atoms with van der Waals surface area (Å²) >= 11 is 0. The summed E-state index contributed by atoms with van der Waals surface area (Å²) in [5.74, 6) is -0.496. The average Bonchev–Trinajstić information content (AvgIpc) is 2.59. The Labute approximate surface area is 151 Å². The highest BCUT2D eigenvalue weighted by atomic mass is 19.1. The summed E-state index contributed by atoms with van der Waals surface area (Å²) in [6, 6.07) is 9.68. The Morgan fingerprint density at radius 2 is 1.77 bits per heavy atom. The van der Waals surface area contributed by atoms with Crippen LogP contribution in [0.25, 0.3) is 0 Å². The van der Waals surface area contributed by atoms with Crippen LogP contribution in [-0.2, 0) is 9.59 Å². The molecule has 0 saturated carbocycles. The zero-order valence-electron chi connectivity index (χ0n) is 15.0. The zero-order chi connectivity index (χ0) is 19.1. The lowest BCUT2D eigenvalue weighted by molar-refractivity contribution is -0.122. The second-order valence-electron chi connectivity index (χ2n) is 5.84. The van der Waals surface area contributed by atoms with Crippen molar-refractivity contribution in [1.29, 1.82) is 0 Å². The Morgan fingerprint density at radius 1 is 1.00 bits per heavy atom. The minimum absolute atomic E-state index is 0.0203. The molecule has 2 aromatic carbocycles. The first-order valence-corrected chi connectivity index (χ1v) is 8.10.